The Morgan fingerprint density at radius 3 is 2.29 bits per heavy atom. The maximum atomic E-state index is 5.42. The van der Waals surface area contributed by atoms with Crippen LogP contribution in [0.3, 0.4) is 0 Å². The van der Waals surface area contributed by atoms with Crippen LogP contribution >= 0.6 is 0 Å². The molecule has 0 aliphatic carbocycles. The molecule has 6 heteroatoms. The van der Waals surface area contributed by atoms with E-state index in [2.05, 4.69) is 78.4 Å². The molecule has 2 aromatic carbocycles. The number of hydrogen-bond donors (Lipinski definition) is 1. The second-order valence-corrected chi connectivity index (χ2v) is 8.04. The zero-order valence-corrected chi connectivity index (χ0v) is 20.1. The van der Waals surface area contributed by atoms with Crippen molar-refractivity contribution in [2.45, 2.75) is 39.4 Å². The maximum absolute atomic E-state index is 5.42. The summed E-state index contributed by atoms with van der Waals surface area (Å²) in [7, 11) is 9.37. The Hall–Kier alpha value is -2.73. The minimum atomic E-state index is 0.511. The molecule has 0 spiro atoms. The Kier molecular flexibility index (Phi) is 9.66. The van der Waals surface area contributed by atoms with E-state index in [1.54, 1.807) is 14.2 Å². The molecule has 0 heterocycles. The summed E-state index contributed by atoms with van der Waals surface area (Å²) in [4.78, 5) is 8.97. The van der Waals surface area contributed by atoms with Gasteiger partial charge in [0.05, 0.1) is 14.2 Å². The van der Waals surface area contributed by atoms with Crippen molar-refractivity contribution in [1.29, 1.82) is 0 Å². The third kappa shape index (κ3) is 7.17. The lowest BCUT2D eigenvalue weighted by Crippen LogP contribution is -2.39. The monoisotopic (exact) mass is 426 g/mol. The van der Waals surface area contributed by atoms with E-state index in [0.29, 0.717) is 6.04 Å². The molecule has 0 aromatic heterocycles. The van der Waals surface area contributed by atoms with Crippen LogP contribution in [0.4, 0.5) is 0 Å². The molecule has 0 atom stereocenters. The number of nitrogens with one attached hydrogen (secondary N) is 1. The molecule has 1 N–H and O–H groups in total. The molecule has 0 saturated carbocycles. The molecular formula is C25H38N4O2. The van der Waals surface area contributed by atoms with Gasteiger partial charge in [0.25, 0.3) is 0 Å². The van der Waals surface area contributed by atoms with Gasteiger partial charge in [-0.3, -0.25) is 9.89 Å². The largest absolute Gasteiger partial charge is 0.493 e. The van der Waals surface area contributed by atoms with Crippen LogP contribution in [0.1, 0.15) is 30.5 Å². The lowest BCUT2D eigenvalue weighted by molar-refractivity contribution is 0.265. The van der Waals surface area contributed by atoms with Crippen LogP contribution in [0.15, 0.2) is 47.5 Å². The van der Waals surface area contributed by atoms with Crippen LogP contribution in [-0.2, 0) is 19.5 Å². The van der Waals surface area contributed by atoms with Crippen LogP contribution < -0.4 is 14.8 Å². The van der Waals surface area contributed by atoms with E-state index < -0.39 is 0 Å². The molecule has 0 fully saturated rings. The quantitative estimate of drug-likeness (QED) is 0.463. The molecule has 0 radical (unpaired) electrons. The van der Waals surface area contributed by atoms with Gasteiger partial charge >= 0.3 is 0 Å². The van der Waals surface area contributed by atoms with Crippen LogP contribution in [0.2, 0.25) is 0 Å². The molecule has 2 aromatic rings. The highest BCUT2D eigenvalue weighted by molar-refractivity contribution is 5.79. The van der Waals surface area contributed by atoms with E-state index in [-0.39, 0.29) is 0 Å². The highest BCUT2D eigenvalue weighted by Gasteiger charge is 2.11. The molecule has 0 aliphatic heterocycles. The summed E-state index contributed by atoms with van der Waals surface area (Å²) >= 11 is 0. The summed E-state index contributed by atoms with van der Waals surface area (Å²) in [5, 5.41) is 3.52. The third-order valence-corrected chi connectivity index (χ3v) is 5.61. The highest BCUT2D eigenvalue weighted by atomic mass is 16.5. The van der Waals surface area contributed by atoms with Gasteiger partial charge in [0, 0.05) is 39.8 Å². The van der Waals surface area contributed by atoms with Gasteiger partial charge < -0.3 is 19.7 Å². The summed E-state index contributed by atoms with van der Waals surface area (Å²) in [6.45, 7) is 6.96. The SMILES string of the molecule is CN=C(NCc1ccccc1CN(C)C(C)C)N(C)CCc1ccc(OC)c(OC)c1. The molecule has 2 rings (SSSR count). The van der Waals surface area contributed by atoms with Gasteiger partial charge in [0.1, 0.15) is 0 Å². The van der Waals surface area contributed by atoms with Crippen LogP contribution in [0, 0.1) is 0 Å². The van der Waals surface area contributed by atoms with Crippen molar-refractivity contribution in [3.63, 3.8) is 0 Å². The predicted octanol–water partition coefficient (Wildman–Crippen LogP) is 3.79. The number of likely N-dealkylation sites (N-methyl/N-ethyl adjacent to an activating group) is 1. The van der Waals surface area contributed by atoms with E-state index in [1.807, 2.05) is 19.2 Å². The molecule has 0 aliphatic rings. The van der Waals surface area contributed by atoms with Gasteiger partial charge in [-0.05, 0) is 56.1 Å². The van der Waals surface area contributed by atoms with E-state index in [4.69, 9.17) is 9.47 Å². The summed E-state index contributed by atoms with van der Waals surface area (Å²) in [5.41, 5.74) is 3.83. The Balaban J connectivity index is 1.97. The Morgan fingerprint density at radius 2 is 1.68 bits per heavy atom. The minimum absolute atomic E-state index is 0.511. The normalized spacial score (nSPS) is 11.7. The summed E-state index contributed by atoms with van der Waals surface area (Å²) in [5.74, 6) is 2.39. The number of nitrogens with zero attached hydrogens (tertiary/aromatic N) is 3. The minimum Gasteiger partial charge on any atom is -0.493 e. The molecule has 6 nitrogen and oxygen atoms in total. The van der Waals surface area contributed by atoms with E-state index in [0.717, 1.165) is 43.5 Å². The van der Waals surface area contributed by atoms with Gasteiger partial charge in [-0.2, -0.15) is 0 Å². The molecule has 0 unspecified atom stereocenters. The van der Waals surface area contributed by atoms with Crippen LogP contribution in [-0.4, -0.2) is 63.7 Å². The summed E-state index contributed by atoms with van der Waals surface area (Å²) in [6, 6.07) is 15.2. The van der Waals surface area contributed by atoms with Gasteiger partial charge in [-0.15, -0.1) is 0 Å². The Labute approximate surface area is 187 Å². The number of ether oxygens (including phenoxy) is 2. The second kappa shape index (κ2) is 12.2. The van der Waals surface area contributed by atoms with Crippen molar-refractivity contribution < 1.29 is 9.47 Å². The fourth-order valence-electron chi connectivity index (χ4n) is 3.33. The summed E-state index contributed by atoms with van der Waals surface area (Å²) < 4.78 is 10.7. The maximum Gasteiger partial charge on any atom is 0.193 e. The topological polar surface area (TPSA) is 49.3 Å². The first-order chi connectivity index (χ1) is 14.9. The fourth-order valence-corrected chi connectivity index (χ4v) is 3.33. The number of guanidine groups is 1. The van der Waals surface area contributed by atoms with Crippen molar-refractivity contribution in [2.24, 2.45) is 4.99 Å². The lowest BCUT2D eigenvalue weighted by atomic mass is 10.1. The van der Waals surface area contributed by atoms with Crippen molar-refractivity contribution >= 4 is 5.96 Å². The smallest absolute Gasteiger partial charge is 0.193 e. The van der Waals surface area contributed by atoms with E-state index in [1.165, 1.54) is 16.7 Å². The van der Waals surface area contributed by atoms with Crippen molar-refractivity contribution in [3.05, 3.63) is 59.2 Å². The first kappa shape index (κ1) is 24.5. The highest BCUT2D eigenvalue weighted by Crippen LogP contribution is 2.27. The molecule has 0 amide bonds. The van der Waals surface area contributed by atoms with E-state index in [9.17, 15) is 0 Å². The van der Waals surface area contributed by atoms with Gasteiger partial charge in [-0.1, -0.05) is 30.3 Å². The average molecular weight is 427 g/mol. The number of methoxy groups -OCH3 is 2. The summed E-state index contributed by atoms with van der Waals surface area (Å²) in [6.07, 6.45) is 0.882. The molecular weight excluding hydrogens is 388 g/mol. The van der Waals surface area contributed by atoms with E-state index >= 15 is 0 Å². The van der Waals surface area contributed by atoms with Crippen LogP contribution in [0.25, 0.3) is 0 Å². The predicted molar refractivity (Wildman–Crippen MR) is 129 cm³/mol. The average Bonchev–Trinajstić information content (AvgIpc) is 2.78. The Morgan fingerprint density at radius 1 is 1.00 bits per heavy atom. The molecule has 0 bridgehead atoms. The number of rotatable bonds is 10. The zero-order valence-electron chi connectivity index (χ0n) is 20.1. The van der Waals surface area contributed by atoms with Crippen LogP contribution in [0.5, 0.6) is 11.5 Å². The van der Waals surface area contributed by atoms with Gasteiger partial charge in [0.15, 0.2) is 17.5 Å². The molecule has 170 valence electrons. The third-order valence-electron chi connectivity index (χ3n) is 5.61. The molecule has 0 saturated heterocycles. The first-order valence-corrected chi connectivity index (χ1v) is 10.8. The fraction of sp³-hybridized carbons (Fsp3) is 0.480. The number of hydrogen-bond acceptors (Lipinski definition) is 4. The van der Waals surface area contributed by atoms with Crippen molar-refractivity contribution in [2.75, 3.05) is 41.9 Å². The van der Waals surface area contributed by atoms with Gasteiger partial charge in [0.2, 0.25) is 0 Å². The van der Waals surface area contributed by atoms with Crippen molar-refractivity contribution in [3.8, 4) is 11.5 Å². The zero-order chi connectivity index (χ0) is 22.8. The standard InChI is InChI=1S/C25H38N4O2/c1-19(2)29(5)18-22-11-9-8-10-21(22)17-27-25(26-3)28(4)15-14-20-12-13-23(30-6)24(16-20)31-7/h8-13,16,19H,14-15,17-18H2,1-7H3,(H,26,27). The second-order valence-electron chi connectivity index (χ2n) is 8.04. The molecule has 31 heavy (non-hydrogen) atoms. The first-order valence-electron chi connectivity index (χ1n) is 10.8. The number of aliphatic imine (C=N–C) groups is 1. The van der Waals surface area contributed by atoms with Crippen molar-refractivity contribution in [1.82, 2.24) is 15.1 Å². The van der Waals surface area contributed by atoms with Gasteiger partial charge in [-0.25, -0.2) is 0 Å². The lowest BCUT2D eigenvalue weighted by Gasteiger charge is -2.24. The number of benzene rings is 2. The Bertz CT molecular complexity index is 851.